The lowest BCUT2D eigenvalue weighted by molar-refractivity contribution is -0.131. The number of carboxylic acid groups (broad SMARTS) is 1. The molecule has 0 aliphatic heterocycles. The molecule has 6 heteroatoms. The highest BCUT2D eigenvalue weighted by molar-refractivity contribution is 6.29. The van der Waals surface area contributed by atoms with Crippen molar-refractivity contribution in [2.75, 3.05) is 19.5 Å². The second-order valence-corrected chi connectivity index (χ2v) is 8.18. The van der Waals surface area contributed by atoms with E-state index in [1.165, 1.54) is 6.08 Å². The van der Waals surface area contributed by atoms with E-state index < -0.39 is 5.97 Å². The van der Waals surface area contributed by atoms with Gasteiger partial charge >= 0.3 is 5.97 Å². The van der Waals surface area contributed by atoms with E-state index in [-0.39, 0.29) is 0 Å². The third kappa shape index (κ3) is 3.73. The Labute approximate surface area is 207 Å². The summed E-state index contributed by atoms with van der Waals surface area (Å²) >= 11 is 0. The molecule has 6 nitrogen and oxygen atoms in total. The number of rotatable bonds is 6. The van der Waals surface area contributed by atoms with E-state index in [1.54, 1.807) is 20.3 Å². The van der Waals surface area contributed by atoms with Crippen LogP contribution >= 0.6 is 0 Å². The molecule has 0 bridgehead atoms. The average molecular weight is 475 g/mol. The monoisotopic (exact) mass is 474 g/mol. The first-order valence-electron chi connectivity index (χ1n) is 11.3. The zero-order valence-electron chi connectivity index (χ0n) is 19.7. The number of fused-ring (bicyclic) bond motifs is 6. The van der Waals surface area contributed by atoms with Crippen molar-refractivity contribution in [3.8, 4) is 17.6 Å². The molecule has 0 saturated heterocycles. The molecule has 0 fully saturated rings. The van der Waals surface area contributed by atoms with Crippen molar-refractivity contribution in [1.29, 1.82) is 5.26 Å². The predicted molar refractivity (Wildman–Crippen MR) is 143 cm³/mol. The van der Waals surface area contributed by atoms with Crippen LogP contribution in [-0.4, -0.2) is 25.3 Å². The number of anilines is 2. The van der Waals surface area contributed by atoms with Gasteiger partial charge in [0.1, 0.15) is 6.07 Å². The Hall–Kier alpha value is -5.02. The quantitative estimate of drug-likeness (QED) is 0.206. The molecule has 36 heavy (non-hydrogen) atoms. The fourth-order valence-corrected chi connectivity index (χ4v) is 4.74. The largest absolute Gasteiger partial charge is 0.493 e. The van der Waals surface area contributed by atoms with Gasteiger partial charge in [-0.3, -0.25) is 0 Å². The third-order valence-electron chi connectivity index (χ3n) is 6.24. The Morgan fingerprint density at radius 2 is 1.53 bits per heavy atom. The van der Waals surface area contributed by atoms with Gasteiger partial charge in [0, 0.05) is 11.5 Å². The number of nitrogens with one attached hydrogen (secondary N) is 1. The molecule has 2 N–H and O–H groups in total. The topological polar surface area (TPSA) is 91.6 Å². The Morgan fingerprint density at radius 1 is 0.889 bits per heavy atom. The molecular formula is C30H22N2O4. The summed E-state index contributed by atoms with van der Waals surface area (Å²) in [6.07, 6.45) is 2.50. The van der Waals surface area contributed by atoms with E-state index in [1.807, 2.05) is 54.6 Å². The molecule has 0 radical (unpaired) electrons. The minimum Gasteiger partial charge on any atom is -0.493 e. The van der Waals surface area contributed by atoms with Crippen LogP contribution in [0.2, 0.25) is 0 Å². The summed E-state index contributed by atoms with van der Waals surface area (Å²) < 4.78 is 11.1. The number of carbonyl (C=O) groups is 1. The van der Waals surface area contributed by atoms with Crippen molar-refractivity contribution in [2.45, 2.75) is 0 Å². The molecule has 5 aromatic rings. The van der Waals surface area contributed by atoms with Gasteiger partial charge in [-0.15, -0.1) is 0 Å². The Kier molecular flexibility index (Phi) is 5.89. The number of hydrogen-bond acceptors (Lipinski definition) is 5. The summed E-state index contributed by atoms with van der Waals surface area (Å²) in [5, 5.41) is 28.9. The molecule has 0 spiro atoms. The van der Waals surface area contributed by atoms with Gasteiger partial charge in [-0.25, -0.2) is 4.79 Å². The minimum absolute atomic E-state index is 0.324. The van der Waals surface area contributed by atoms with Crippen LogP contribution in [0.3, 0.4) is 0 Å². The smallest absolute Gasteiger partial charge is 0.328 e. The van der Waals surface area contributed by atoms with Crippen molar-refractivity contribution >= 4 is 55.7 Å². The van der Waals surface area contributed by atoms with Gasteiger partial charge < -0.3 is 19.9 Å². The number of para-hydroxylation sites is 1. The maximum absolute atomic E-state index is 11.3. The highest BCUT2D eigenvalue weighted by Gasteiger charge is 2.20. The van der Waals surface area contributed by atoms with Gasteiger partial charge in [0.25, 0.3) is 0 Å². The van der Waals surface area contributed by atoms with E-state index in [2.05, 4.69) is 23.5 Å². The predicted octanol–water partition coefficient (Wildman–Crippen LogP) is 6.88. The number of hydrogen-bond donors (Lipinski definition) is 2. The van der Waals surface area contributed by atoms with Gasteiger partial charge in [0.2, 0.25) is 0 Å². The first-order valence-corrected chi connectivity index (χ1v) is 11.3. The lowest BCUT2D eigenvalue weighted by Crippen LogP contribution is -2.02. The zero-order valence-corrected chi connectivity index (χ0v) is 19.7. The first kappa shape index (κ1) is 22.8. The summed E-state index contributed by atoms with van der Waals surface area (Å²) in [4.78, 5) is 11.3. The SMILES string of the molecule is COc1cccc(Nc2c(C#N)c(/C=C/C(=O)O)cc3c4ccccc4c4ccccc4c23)c1OC. The van der Waals surface area contributed by atoms with Gasteiger partial charge in [0.15, 0.2) is 11.5 Å². The second-order valence-electron chi connectivity index (χ2n) is 8.18. The first-order chi connectivity index (χ1) is 17.6. The molecule has 0 amide bonds. The number of ether oxygens (including phenoxy) is 2. The van der Waals surface area contributed by atoms with E-state index in [0.29, 0.717) is 34.0 Å². The van der Waals surface area contributed by atoms with Crippen LogP contribution in [-0.2, 0) is 4.79 Å². The Morgan fingerprint density at radius 3 is 2.14 bits per heavy atom. The molecule has 0 aliphatic carbocycles. The number of nitriles is 1. The number of carboxylic acids is 1. The van der Waals surface area contributed by atoms with Crippen LogP contribution in [0.25, 0.3) is 38.4 Å². The van der Waals surface area contributed by atoms with Crippen LogP contribution in [0.15, 0.2) is 78.9 Å². The average Bonchev–Trinajstić information content (AvgIpc) is 2.91. The van der Waals surface area contributed by atoms with Crippen LogP contribution < -0.4 is 14.8 Å². The third-order valence-corrected chi connectivity index (χ3v) is 6.24. The Bertz CT molecular complexity index is 1730. The molecular weight excluding hydrogens is 452 g/mol. The van der Waals surface area contributed by atoms with Gasteiger partial charge in [-0.1, -0.05) is 54.6 Å². The fourth-order valence-electron chi connectivity index (χ4n) is 4.74. The molecule has 176 valence electrons. The van der Waals surface area contributed by atoms with Crippen molar-refractivity contribution in [1.82, 2.24) is 0 Å². The summed E-state index contributed by atoms with van der Waals surface area (Å²) in [7, 11) is 3.12. The van der Waals surface area contributed by atoms with Crippen LogP contribution in [0.4, 0.5) is 11.4 Å². The number of benzene rings is 5. The summed E-state index contributed by atoms with van der Waals surface area (Å²) in [6, 6.07) is 25.8. The van der Waals surface area contributed by atoms with Crippen molar-refractivity contribution in [3.05, 3.63) is 90.0 Å². The maximum Gasteiger partial charge on any atom is 0.328 e. The number of methoxy groups -OCH3 is 2. The zero-order chi connectivity index (χ0) is 25.2. The Balaban J connectivity index is 1.96. The minimum atomic E-state index is -1.09. The van der Waals surface area contributed by atoms with Crippen molar-refractivity contribution < 1.29 is 19.4 Å². The van der Waals surface area contributed by atoms with Crippen molar-refractivity contribution in [3.63, 3.8) is 0 Å². The van der Waals surface area contributed by atoms with Gasteiger partial charge in [-0.05, 0) is 56.8 Å². The number of aliphatic carboxylic acids is 1. The summed E-state index contributed by atoms with van der Waals surface area (Å²) in [5.41, 5.74) is 2.00. The van der Waals surface area contributed by atoms with E-state index in [9.17, 15) is 15.2 Å². The van der Waals surface area contributed by atoms with E-state index in [4.69, 9.17) is 9.47 Å². The van der Waals surface area contributed by atoms with Crippen LogP contribution in [0.5, 0.6) is 11.5 Å². The highest BCUT2D eigenvalue weighted by atomic mass is 16.5. The normalized spacial score (nSPS) is 11.1. The summed E-state index contributed by atoms with van der Waals surface area (Å²) in [6.45, 7) is 0. The fraction of sp³-hybridized carbons (Fsp3) is 0.0667. The molecule has 5 rings (SSSR count). The standard InChI is InChI=1S/C30H22N2O4/c1-35-26-13-7-12-25(30(26)36-2)32-29-24(17-31)18(14-15-27(33)34)16-23-21-10-4-3-8-19(21)20-9-5-6-11-22(20)28(23)29/h3-16,32H,1-2H3,(H,33,34)/b15-14+. The van der Waals surface area contributed by atoms with Crippen molar-refractivity contribution in [2.24, 2.45) is 0 Å². The van der Waals surface area contributed by atoms with Gasteiger partial charge in [-0.2, -0.15) is 5.26 Å². The second kappa shape index (κ2) is 9.32. The maximum atomic E-state index is 11.3. The van der Waals surface area contributed by atoms with Crippen LogP contribution in [0, 0.1) is 11.3 Å². The molecule has 5 aromatic carbocycles. The molecule has 0 atom stereocenters. The highest BCUT2D eigenvalue weighted by Crippen LogP contribution is 2.44. The molecule has 0 saturated carbocycles. The lowest BCUT2D eigenvalue weighted by atomic mass is 9.89. The lowest BCUT2D eigenvalue weighted by Gasteiger charge is -2.20. The molecule has 0 aliphatic rings. The number of nitrogens with zero attached hydrogens (tertiary/aromatic N) is 1. The van der Waals surface area contributed by atoms with Gasteiger partial charge in [0.05, 0.1) is 31.2 Å². The van der Waals surface area contributed by atoms with E-state index >= 15 is 0 Å². The van der Waals surface area contributed by atoms with E-state index in [0.717, 1.165) is 38.4 Å². The molecule has 0 aromatic heterocycles. The molecule has 0 heterocycles. The summed E-state index contributed by atoms with van der Waals surface area (Å²) in [5.74, 6) is -0.0532. The molecule has 0 unspecified atom stereocenters. The van der Waals surface area contributed by atoms with Crippen LogP contribution in [0.1, 0.15) is 11.1 Å².